The molecule has 2 rings (SSSR count). The van der Waals surface area contributed by atoms with Gasteiger partial charge in [0.1, 0.15) is 0 Å². The molecule has 2 fully saturated rings. The molecule has 0 amide bonds. The smallest absolute Gasteiger partial charge is 0.00643 e. The van der Waals surface area contributed by atoms with Crippen molar-refractivity contribution in [3.05, 3.63) is 0 Å². The highest BCUT2D eigenvalue weighted by molar-refractivity contribution is 4.90. The van der Waals surface area contributed by atoms with Gasteiger partial charge in [-0.25, -0.2) is 0 Å². The molecule has 0 aromatic carbocycles. The van der Waals surface area contributed by atoms with Gasteiger partial charge in [0.25, 0.3) is 0 Å². The van der Waals surface area contributed by atoms with Crippen LogP contribution in [0.15, 0.2) is 0 Å². The van der Waals surface area contributed by atoms with Crippen LogP contribution in [0.1, 0.15) is 79.6 Å². The van der Waals surface area contributed by atoms with E-state index in [9.17, 15) is 0 Å². The third-order valence-corrected chi connectivity index (χ3v) is 5.41. The average molecular weight is 253 g/mol. The van der Waals surface area contributed by atoms with E-state index in [1.54, 1.807) is 0 Å². The van der Waals surface area contributed by atoms with Crippen LogP contribution >= 0.6 is 0 Å². The van der Waals surface area contributed by atoms with Crippen molar-refractivity contribution in [3.63, 3.8) is 0 Å². The second-order valence-electron chi connectivity index (χ2n) is 6.48. The van der Waals surface area contributed by atoms with Crippen molar-refractivity contribution in [1.82, 2.24) is 4.90 Å². The fraction of sp³-hybridized carbons (Fsp3) is 1.00. The Balaban J connectivity index is 0.000000771. The van der Waals surface area contributed by atoms with E-state index in [4.69, 9.17) is 0 Å². The van der Waals surface area contributed by atoms with Gasteiger partial charge in [0.15, 0.2) is 0 Å². The minimum absolute atomic E-state index is 0.760. The van der Waals surface area contributed by atoms with E-state index < -0.39 is 0 Å². The Morgan fingerprint density at radius 2 is 1.56 bits per heavy atom. The number of likely N-dealkylation sites (tertiary alicyclic amines) is 1. The lowest BCUT2D eigenvalue weighted by Gasteiger charge is -2.47. The van der Waals surface area contributed by atoms with E-state index in [0.717, 1.165) is 17.4 Å². The van der Waals surface area contributed by atoms with Gasteiger partial charge in [0.2, 0.25) is 0 Å². The lowest BCUT2D eigenvalue weighted by molar-refractivity contribution is 0.0379. The van der Waals surface area contributed by atoms with Crippen molar-refractivity contribution in [3.8, 4) is 0 Å². The Hall–Kier alpha value is -0.0400. The van der Waals surface area contributed by atoms with Crippen LogP contribution in [-0.4, -0.2) is 24.0 Å². The Morgan fingerprint density at radius 3 is 2.00 bits per heavy atom. The predicted molar refractivity (Wildman–Crippen MR) is 82.0 cm³/mol. The molecule has 0 N–H and O–H groups in total. The summed E-state index contributed by atoms with van der Waals surface area (Å²) in [5.41, 5.74) is 0.760. The van der Waals surface area contributed by atoms with Gasteiger partial charge < -0.3 is 4.90 Å². The summed E-state index contributed by atoms with van der Waals surface area (Å²) in [5.74, 6) is 0.998. The van der Waals surface area contributed by atoms with E-state index >= 15 is 0 Å². The fourth-order valence-electron chi connectivity index (χ4n) is 3.57. The van der Waals surface area contributed by atoms with E-state index in [1.165, 1.54) is 58.0 Å². The molecule has 1 nitrogen and oxygen atoms in total. The summed E-state index contributed by atoms with van der Waals surface area (Å²) in [6, 6.07) is 0.805. The number of nitrogens with zero attached hydrogens (tertiary/aromatic N) is 1. The topological polar surface area (TPSA) is 3.24 Å². The fourth-order valence-corrected chi connectivity index (χ4v) is 3.57. The van der Waals surface area contributed by atoms with Crippen molar-refractivity contribution >= 4 is 0 Å². The predicted octanol–water partition coefficient (Wildman–Crippen LogP) is 5.10. The zero-order valence-electron chi connectivity index (χ0n) is 13.5. The average Bonchev–Trinajstić information content (AvgIpc) is 2.45. The van der Waals surface area contributed by atoms with Crippen LogP contribution in [0, 0.1) is 11.3 Å². The van der Waals surface area contributed by atoms with Gasteiger partial charge in [0, 0.05) is 6.04 Å². The van der Waals surface area contributed by atoms with Crippen LogP contribution in [0.2, 0.25) is 0 Å². The molecule has 1 aliphatic heterocycles. The Morgan fingerprint density at radius 1 is 1.06 bits per heavy atom. The van der Waals surface area contributed by atoms with Crippen molar-refractivity contribution < 1.29 is 0 Å². The Bertz CT molecular complexity index is 206. The summed E-state index contributed by atoms with van der Waals surface area (Å²) in [5, 5.41) is 0. The number of hydrogen-bond donors (Lipinski definition) is 0. The third kappa shape index (κ3) is 3.98. The van der Waals surface area contributed by atoms with Gasteiger partial charge in [-0.3, -0.25) is 0 Å². The van der Waals surface area contributed by atoms with Gasteiger partial charge in [0.05, 0.1) is 0 Å². The van der Waals surface area contributed by atoms with Crippen LogP contribution in [0.3, 0.4) is 0 Å². The molecule has 18 heavy (non-hydrogen) atoms. The number of hydrogen-bond acceptors (Lipinski definition) is 1. The van der Waals surface area contributed by atoms with Crippen molar-refractivity contribution in [2.75, 3.05) is 13.1 Å². The van der Waals surface area contributed by atoms with Crippen LogP contribution in [0.4, 0.5) is 0 Å². The van der Waals surface area contributed by atoms with Gasteiger partial charge in [-0.1, -0.05) is 40.5 Å². The van der Waals surface area contributed by atoms with E-state index in [0.29, 0.717) is 0 Å². The first-order chi connectivity index (χ1) is 8.65. The maximum absolute atomic E-state index is 2.71. The molecular weight excluding hydrogens is 218 g/mol. The third-order valence-electron chi connectivity index (χ3n) is 5.41. The number of piperidine rings is 1. The van der Waals surface area contributed by atoms with Crippen LogP contribution in [0.5, 0.6) is 0 Å². The molecular formula is C17H35N. The van der Waals surface area contributed by atoms with Crippen molar-refractivity contribution in [2.45, 2.75) is 85.6 Å². The standard InChI is InChI=1S/C15H29N.C2H6/c1-4-14(3)16-11-9-15(10-12-16)7-5-13(2)6-8-15;1-2/h13-14H,4-12H2,1-3H3;1-2H3. The molecule has 1 heteroatoms. The van der Waals surface area contributed by atoms with E-state index in [1.807, 2.05) is 13.8 Å². The van der Waals surface area contributed by atoms with Crippen LogP contribution in [0.25, 0.3) is 0 Å². The molecule has 1 unspecified atom stereocenters. The van der Waals surface area contributed by atoms with Gasteiger partial charge in [-0.05, 0) is 63.5 Å². The molecule has 1 spiro atoms. The zero-order valence-corrected chi connectivity index (χ0v) is 13.5. The first-order valence-electron chi connectivity index (χ1n) is 8.39. The van der Waals surface area contributed by atoms with E-state index in [2.05, 4.69) is 25.7 Å². The normalized spacial score (nSPS) is 26.5. The monoisotopic (exact) mass is 253 g/mol. The maximum atomic E-state index is 2.71. The minimum Gasteiger partial charge on any atom is -0.301 e. The van der Waals surface area contributed by atoms with E-state index in [-0.39, 0.29) is 0 Å². The zero-order chi connectivity index (χ0) is 13.6. The number of rotatable bonds is 2. The lowest BCUT2D eigenvalue weighted by atomic mass is 9.66. The lowest BCUT2D eigenvalue weighted by Crippen LogP contribution is -2.45. The summed E-state index contributed by atoms with van der Waals surface area (Å²) >= 11 is 0. The molecule has 0 aromatic heterocycles. The van der Waals surface area contributed by atoms with Crippen LogP contribution in [-0.2, 0) is 0 Å². The van der Waals surface area contributed by atoms with Gasteiger partial charge >= 0.3 is 0 Å². The summed E-state index contributed by atoms with van der Waals surface area (Å²) < 4.78 is 0. The molecule has 0 radical (unpaired) electrons. The highest BCUT2D eigenvalue weighted by atomic mass is 15.2. The Kier molecular flexibility index (Phi) is 6.70. The molecule has 1 saturated heterocycles. The summed E-state index contributed by atoms with van der Waals surface area (Å²) in [6.07, 6.45) is 10.3. The second-order valence-corrected chi connectivity index (χ2v) is 6.48. The van der Waals surface area contributed by atoms with Gasteiger partial charge in [-0.15, -0.1) is 0 Å². The van der Waals surface area contributed by atoms with Gasteiger partial charge in [-0.2, -0.15) is 0 Å². The molecule has 0 bridgehead atoms. The first-order valence-corrected chi connectivity index (χ1v) is 8.39. The first kappa shape index (κ1) is 16.0. The second kappa shape index (κ2) is 7.53. The molecule has 1 atom stereocenters. The molecule has 1 heterocycles. The molecule has 108 valence electrons. The largest absolute Gasteiger partial charge is 0.301 e. The maximum Gasteiger partial charge on any atom is 0.00643 e. The summed E-state index contributed by atoms with van der Waals surface area (Å²) in [7, 11) is 0. The molecule has 1 aliphatic carbocycles. The van der Waals surface area contributed by atoms with Crippen LogP contribution < -0.4 is 0 Å². The van der Waals surface area contributed by atoms with Crippen molar-refractivity contribution in [1.29, 1.82) is 0 Å². The van der Waals surface area contributed by atoms with Crippen molar-refractivity contribution in [2.24, 2.45) is 11.3 Å². The molecule has 0 aromatic rings. The SMILES string of the molecule is CC.CCC(C)N1CCC2(CCC(C)CC2)CC1. The quantitative estimate of drug-likeness (QED) is 0.661. The summed E-state index contributed by atoms with van der Waals surface area (Å²) in [4.78, 5) is 2.71. The molecule has 2 aliphatic rings. The summed E-state index contributed by atoms with van der Waals surface area (Å²) in [6.45, 7) is 13.9. The minimum atomic E-state index is 0.760. The Labute approximate surface area is 115 Å². The molecule has 1 saturated carbocycles. The highest BCUT2D eigenvalue weighted by Gasteiger charge is 2.37. The highest BCUT2D eigenvalue weighted by Crippen LogP contribution is 2.46.